The summed E-state index contributed by atoms with van der Waals surface area (Å²) in [5.74, 6) is 0. The number of benzene rings is 2. The van der Waals surface area contributed by atoms with E-state index < -0.39 is 10.0 Å². The molecule has 0 aliphatic heterocycles. The molecule has 0 saturated carbocycles. The van der Waals surface area contributed by atoms with E-state index in [2.05, 4.69) is 20.3 Å². The lowest BCUT2D eigenvalue weighted by molar-refractivity contribution is 0.598. The van der Waals surface area contributed by atoms with Crippen LogP contribution >= 0.6 is 15.9 Å². The maximum atomic E-state index is 11.9. The standard InChI is InChI=1S/C13H10BrNO2S/c14-12-6-8-13(9-7-12)18(16,17)15-10-11-4-2-1-3-5-11/h1-10H. The Hall–Kier alpha value is -1.46. The lowest BCUT2D eigenvalue weighted by atomic mass is 10.2. The predicted molar refractivity (Wildman–Crippen MR) is 75.4 cm³/mol. The number of halogens is 1. The Bertz CT molecular complexity index is 649. The van der Waals surface area contributed by atoms with E-state index in [1.165, 1.54) is 18.3 Å². The molecule has 0 radical (unpaired) electrons. The van der Waals surface area contributed by atoms with Crippen LogP contribution in [0.25, 0.3) is 0 Å². The van der Waals surface area contributed by atoms with Gasteiger partial charge in [0.25, 0.3) is 10.0 Å². The van der Waals surface area contributed by atoms with Crippen molar-refractivity contribution in [1.29, 1.82) is 0 Å². The first-order valence-corrected chi connectivity index (χ1v) is 7.42. The van der Waals surface area contributed by atoms with Gasteiger partial charge in [-0.1, -0.05) is 46.3 Å². The van der Waals surface area contributed by atoms with Gasteiger partial charge in [-0.15, -0.1) is 0 Å². The maximum Gasteiger partial charge on any atom is 0.282 e. The first kappa shape index (κ1) is 13.0. The molecule has 0 aliphatic rings. The molecule has 0 bridgehead atoms. The van der Waals surface area contributed by atoms with Crippen molar-refractivity contribution in [3.63, 3.8) is 0 Å². The van der Waals surface area contributed by atoms with Crippen LogP contribution in [0.1, 0.15) is 5.56 Å². The van der Waals surface area contributed by atoms with Crippen LogP contribution < -0.4 is 0 Å². The van der Waals surface area contributed by atoms with Crippen molar-refractivity contribution in [3.05, 3.63) is 64.6 Å². The molecular formula is C13H10BrNO2S. The number of hydrogen-bond donors (Lipinski definition) is 0. The van der Waals surface area contributed by atoms with E-state index in [9.17, 15) is 8.42 Å². The summed E-state index contributed by atoms with van der Waals surface area (Å²) < 4.78 is 28.3. The van der Waals surface area contributed by atoms with E-state index in [-0.39, 0.29) is 4.90 Å². The summed E-state index contributed by atoms with van der Waals surface area (Å²) in [5.41, 5.74) is 0.748. The van der Waals surface area contributed by atoms with Crippen LogP contribution in [0.2, 0.25) is 0 Å². The van der Waals surface area contributed by atoms with Crippen molar-refractivity contribution in [3.8, 4) is 0 Å². The summed E-state index contributed by atoms with van der Waals surface area (Å²) in [6, 6.07) is 15.5. The second-order valence-corrected chi connectivity index (χ2v) is 6.12. The number of hydrogen-bond acceptors (Lipinski definition) is 2. The van der Waals surface area contributed by atoms with Gasteiger partial charge in [-0.05, 0) is 29.8 Å². The van der Waals surface area contributed by atoms with Gasteiger partial charge in [-0.2, -0.15) is 12.8 Å². The third kappa shape index (κ3) is 3.27. The first-order valence-electron chi connectivity index (χ1n) is 5.19. The van der Waals surface area contributed by atoms with E-state index >= 15 is 0 Å². The average Bonchev–Trinajstić information content (AvgIpc) is 2.38. The molecule has 2 aromatic carbocycles. The number of rotatable bonds is 3. The molecule has 18 heavy (non-hydrogen) atoms. The zero-order chi connectivity index (χ0) is 13.0. The quantitative estimate of drug-likeness (QED) is 0.814. The van der Waals surface area contributed by atoms with Gasteiger partial charge in [-0.3, -0.25) is 0 Å². The molecule has 3 nitrogen and oxygen atoms in total. The molecule has 2 rings (SSSR count). The highest BCUT2D eigenvalue weighted by molar-refractivity contribution is 9.10. The molecule has 2 aromatic rings. The Kier molecular flexibility index (Phi) is 3.93. The molecule has 0 aliphatic carbocycles. The fourth-order valence-corrected chi connectivity index (χ4v) is 2.46. The second kappa shape index (κ2) is 5.46. The molecule has 0 aromatic heterocycles. The van der Waals surface area contributed by atoms with Crippen LogP contribution in [-0.4, -0.2) is 14.6 Å². The molecule has 0 atom stereocenters. The normalized spacial score (nSPS) is 11.8. The molecule has 0 amide bonds. The van der Waals surface area contributed by atoms with E-state index in [0.717, 1.165) is 10.0 Å². The van der Waals surface area contributed by atoms with Crippen LogP contribution in [0.15, 0.2) is 68.4 Å². The Morgan fingerprint density at radius 2 is 1.56 bits per heavy atom. The zero-order valence-electron chi connectivity index (χ0n) is 9.32. The summed E-state index contributed by atoms with van der Waals surface area (Å²) in [4.78, 5) is 0.179. The molecule has 92 valence electrons. The molecule has 0 unspecified atom stereocenters. The zero-order valence-corrected chi connectivity index (χ0v) is 11.7. The van der Waals surface area contributed by atoms with Gasteiger partial charge < -0.3 is 0 Å². The Morgan fingerprint density at radius 1 is 0.944 bits per heavy atom. The van der Waals surface area contributed by atoms with Crippen molar-refractivity contribution in [2.24, 2.45) is 4.40 Å². The highest BCUT2D eigenvalue weighted by Crippen LogP contribution is 2.16. The molecule has 0 spiro atoms. The molecular weight excluding hydrogens is 314 g/mol. The Labute approximate surface area is 114 Å². The molecule has 0 fully saturated rings. The fourth-order valence-electron chi connectivity index (χ4n) is 1.34. The smallest absolute Gasteiger partial charge is 0.199 e. The van der Waals surface area contributed by atoms with Crippen LogP contribution in [0.4, 0.5) is 0 Å². The topological polar surface area (TPSA) is 46.5 Å². The van der Waals surface area contributed by atoms with Gasteiger partial charge in [0.2, 0.25) is 0 Å². The first-order chi connectivity index (χ1) is 8.58. The van der Waals surface area contributed by atoms with Gasteiger partial charge in [0.05, 0.1) is 4.90 Å². The van der Waals surface area contributed by atoms with Crippen LogP contribution in [0.5, 0.6) is 0 Å². The van der Waals surface area contributed by atoms with Crippen molar-refractivity contribution in [1.82, 2.24) is 0 Å². The lowest BCUT2D eigenvalue weighted by Crippen LogP contribution is -1.97. The van der Waals surface area contributed by atoms with E-state index in [1.807, 2.05) is 18.2 Å². The van der Waals surface area contributed by atoms with Gasteiger partial charge in [0.15, 0.2) is 0 Å². The molecule has 5 heteroatoms. The molecule has 0 saturated heterocycles. The second-order valence-electron chi connectivity index (χ2n) is 3.57. The van der Waals surface area contributed by atoms with E-state index in [4.69, 9.17) is 0 Å². The summed E-state index contributed by atoms with van der Waals surface area (Å²) in [7, 11) is -3.63. The minimum absolute atomic E-state index is 0.179. The van der Waals surface area contributed by atoms with Crippen LogP contribution in [0, 0.1) is 0 Å². The molecule has 0 N–H and O–H groups in total. The summed E-state index contributed by atoms with van der Waals surface area (Å²) in [6.07, 6.45) is 1.34. The number of nitrogens with zero attached hydrogens (tertiary/aromatic N) is 1. The van der Waals surface area contributed by atoms with Crippen LogP contribution in [-0.2, 0) is 10.0 Å². The summed E-state index contributed by atoms with van der Waals surface area (Å²) in [5, 5.41) is 0. The van der Waals surface area contributed by atoms with E-state index in [1.54, 1.807) is 24.3 Å². The van der Waals surface area contributed by atoms with Gasteiger partial charge in [0.1, 0.15) is 0 Å². The fraction of sp³-hybridized carbons (Fsp3) is 0. The highest BCUT2D eigenvalue weighted by atomic mass is 79.9. The van der Waals surface area contributed by atoms with Gasteiger partial charge in [0, 0.05) is 10.7 Å². The average molecular weight is 324 g/mol. The van der Waals surface area contributed by atoms with E-state index in [0.29, 0.717) is 0 Å². The summed E-state index contributed by atoms with van der Waals surface area (Å²) >= 11 is 3.25. The molecule has 0 heterocycles. The van der Waals surface area contributed by atoms with Crippen LogP contribution in [0.3, 0.4) is 0 Å². The van der Waals surface area contributed by atoms with Gasteiger partial charge >= 0.3 is 0 Å². The van der Waals surface area contributed by atoms with Crippen molar-refractivity contribution >= 4 is 32.2 Å². The largest absolute Gasteiger partial charge is 0.282 e. The lowest BCUT2D eigenvalue weighted by Gasteiger charge is -1.98. The Morgan fingerprint density at radius 3 is 2.17 bits per heavy atom. The Balaban J connectivity index is 2.28. The highest BCUT2D eigenvalue weighted by Gasteiger charge is 2.10. The van der Waals surface area contributed by atoms with Crippen molar-refractivity contribution in [2.45, 2.75) is 4.90 Å². The minimum atomic E-state index is -3.63. The number of sulfonamides is 1. The van der Waals surface area contributed by atoms with Gasteiger partial charge in [-0.25, -0.2) is 0 Å². The predicted octanol–water partition coefficient (Wildman–Crippen LogP) is 3.26. The third-order valence-corrected chi connectivity index (χ3v) is 4.03. The maximum absolute atomic E-state index is 11.9. The minimum Gasteiger partial charge on any atom is -0.199 e. The SMILES string of the molecule is O=S(=O)(N=Cc1ccccc1)c1ccc(Br)cc1. The monoisotopic (exact) mass is 323 g/mol. The summed E-state index contributed by atoms with van der Waals surface area (Å²) in [6.45, 7) is 0. The van der Waals surface area contributed by atoms with Crippen molar-refractivity contribution in [2.75, 3.05) is 0 Å². The van der Waals surface area contributed by atoms with Crippen molar-refractivity contribution < 1.29 is 8.42 Å². The third-order valence-electron chi connectivity index (χ3n) is 2.25.